The van der Waals surface area contributed by atoms with Crippen LogP contribution in [-0.2, 0) is 10.3 Å². The number of nitrogens with one attached hydrogen (secondary N) is 1. The van der Waals surface area contributed by atoms with Gasteiger partial charge in [-0.25, -0.2) is 9.67 Å². The minimum atomic E-state index is -1.20. The molecule has 0 saturated heterocycles. The topological polar surface area (TPSA) is 76.9 Å². The summed E-state index contributed by atoms with van der Waals surface area (Å²) in [6.45, 7) is 5.44. The summed E-state index contributed by atoms with van der Waals surface area (Å²) in [7, 11) is 0. The monoisotopic (exact) mass is 480 g/mol. The first-order valence-electron chi connectivity index (χ1n) is 11.3. The Hall–Kier alpha value is -4.10. The van der Waals surface area contributed by atoms with E-state index in [2.05, 4.69) is 29.5 Å². The smallest absolute Gasteiger partial charge is 0.267 e. The molecule has 174 valence electrons. The summed E-state index contributed by atoms with van der Waals surface area (Å²) in [5.74, 6) is -0.333. The van der Waals surface area contributed by atoms with E-state index < -0.39 is 5.54 Å². The van der Waals surface area contributed by atoms with Crippen LogP contribution in [0.25, 0.3) is 32.0 Å². The number of aryl methyl sites for hydroxylation is 1. The molecular weight excluding hydrogens is 456 g/mol. The van der Waals surface area contributed by atoms with Crippen LogP contribution in [0.1, 0.15) is 19.4 Å². The van der Waals surface area contributed by atoms with Gasteiger partial charge in [-0.2, -0.15) is 5.10 Å². The Kier molecular flexibility index (Phi) is 5.78. The van der Waals surface area contributed by atoms with Crippen molar-refractivity contribution in [3.05, 3.63) is 101 Å². The van der Waals surface area contributed by atoms with E-state index in [0.717, 1.165) is 26.4 Å². The molecule has 3 aromatic carbocycles. The van der Waals surface area contributed by atoms with Gasteiger partial charge >= 0.3 is 0 Å². The van der Waals surface area contributed by atoms with E-state index in [-0.39, 0.29) is 11.5 Å². The average molecular weight is 481 g/mol. The lowest BCUT2D eigenvalue weighted by molar-refractivity contribution is -0.123. The molecule has 1 N–H and O–H groups in total. The molecule has 35 heavy (non-hydrogen) atoms. The van der Waals surface area contributed by atoms with Gasteiger partial charge in [-0.1, -0.05) is 36.4 Å². The second-order valence-electron chi connectivity index (χ2n) is 8.92. The van der Waals surface area contributed by atoms with Gasteiger partial charge in [0.05, 0.1) is 15.9 Å². The zero-order valence-electron chi connectivity index (χ0n) is 19.6. The van der Waals surface area contributed by atoms with Crippen LogP contribution in [0.5, 0.6) is 0 Å². The molecule has 0 fully saturated rings. The van der Waals surface area contributed by atoms with E-state index in [0.29, 0.717) is 11.4 Å². The van der Waals surface area contributed by atoms with Crippen LogP contribution < -0.4 is 10.9 Å². The van der Waals surface area contributed by atoms with E-state index in [1.165, 1.54) is 16.3 Å². The maximum atomic E-state index is 13.2. The highest BCUT2D eigenvalue weighted by Crippen LogP contribution is 2.31. The van der Waals surface area contributed by atoms with Gasteiger partial charge in [-0.3, -0.25) is 9.59 Å². The van der Waals surface area contributed by atoms with E-state index in [1.54, 1.807) is 31.3 Å². The van der Waals surface area contributed by atoms with Gasteiger partial charge in [0, 0.05) is 22.9 Å². The van der Waals surface area contributed by atoms with E-state index in [9.17, 15) is 9.59 Å². The van der Waals surface area contributed by atoms with Crippen molar-refractivity contribution in [2.75, 3.05) is 5.32 Å². The van der Waals surface area contributed by atoms with E-state index >= 15 is 0 Å². The number of fused-ring (bicyclic) bond motifs is 1. The fraction of sp³-hybridized carbons (Fsp3) is 0.143. The van der Waals surface area contributed by atoms with Crippen LogP contribution in [0.2, 0.25) is 0 Å². The maximum Gasteiger partial charge on any atom is 0.267 e. The zero-order valence-corrected chi connectivity index (χ0v) is 20.5. The SMILES string of the molecule is Cc1ccc2nc(-c3ccc(NC(=O)C(C)(C)n4nc(-c5ccccc5)ccc4=O)cc3)sc2c1. The summed E-state index contributed by atoms with van der Waals surface area (Å²) in [6.07, 6.45) is 0. The molecule has 5 rings (SSSR count). The molecule has 0 saturated carbocycles. The lowest BCUT2D eigenvalue weighted by Crippen LogP contribution is -2.47. The van der Waals surface area contributed by atoms with Gasteiger partial charge in [-0.05, 0) is 68.8 Å². The van der Waals surface area contributed by atoms with Crippen molar-refractivity contribution in [2.45, 2.75) is 26.3 Å². The highest BCUT2D eigenvalue weighted by atomic mass is 32.1. The molecule has 0 atom stereocenters. The normalized spacial score (nSPS) is 11.5. The van der Waals surface area contributed by atoms with Crippen molar-refractivity contribution >= 4 is 33.1 Å². The van der Waals surface area contributed by atoms with Crippen molar-refractivity contribution < 1.29 is 4.79 Å². The Morgan fingerprint density at radius 1 is 0.914 bits per heavy atom. The number of amides is 1. The fourth-order valence-corrected chi connectivity index (χ4v) is 4.88. The number of anilines is 1. The van der Waals surface area contributed by atoms with Gasteiger partial charge in [-0.15, -0.1) is 11.3 Å². The number of nitrogens with zero attached hydrogens (tertiary/aromatic N) is 3. The maximum absolute atomic E-state index is 13.2. The first kappa shape index (κ1) is 22.7. The predicted molar refractivity (Wildman–Crippen MR) is 142 cm³/mol. The molecule has 1 amide bonds. The number of hydrogen-bond acceptors (Lipinski definition) is 5. The number of benzene rings is 3. The zero-order chi connectivity index (χ0) is 24.6. The lowest BCUT2D eigenvalue weighted by atomic mass is 10.0. The Balaban J connectivity index is 1.37. The number of aromatic nitrogens is 3. The minimum Gasteiger partial charge on any atom is -0.324 e. The van der Waals surface area contributed by atoms with Crippen LogP contribution in [0.15, 0.2) is 89.7 Å². The van der Waals surface area contributed by atoms with Gasteiger partial charge in [0.15, 0.2) is 0 Å². The third-order valence-electron chi connectivity index (χ3n) is 5.89. The number of carbonyl (C=O) groups is 1. The van der Waals surface area contributed by atoms with Crippen molar-refractivity contribution in [1.82, 2.24) is 14.8 Å². The Bertz CT molecular complexity index is 1590. The first-order valence-corrected chi connectivity index (χ1v) is 12.1. The predicted octanol–water partition coefficient (Wildman–Crippen LogP) is 5.87. The Morgan fingerprint density at radius 3 is 2.40 bits per heavy atom. The van der Waals surface area contributed by atoms with Crippen LogP contribution >= 0.6 is 11.3 Å². The van der Waals surface area contributed by atoms with Gasteiger partial charge in [0.1, 0.15) is 10.5 Å². The summed E-state index contributed by atoms with van der Waals surface area (Å²) in [5, 5.41) is 8.35. The van der Waals surface area contributed by atoms with Crippen molar-refractivity contribution in [2.24, 2.45) is 0 Å². The number of hydrogen-bond donors (Lipinski definition) is 1. The summed E-state index contributed by atoms with van der Waals surface area (Å²) in [5.41, 5.74) is 3.75. The minimum absolute atomic E-state index is 0.333. The Morgan fingerprint density at radius 2 is 1.66 bits per heavy atom. The number of rotatable bonds is 5. The summed E-state index contributed by atoms with van der Waals surface area (Å²) < 4.78 is 2.39. The van der Waals surface area contributed by atoms with Gasteiger partial charge in [0.2, 0.25) is 0 Å². The molecule has 0 aliphatic rings. The molecule has 0 radical (unpaired) electrons. The summed E-state index contributed by atoms with van der Waals surface area (Å²) in [6, 6.07) is 26.5. The average Bonchev–Trinajstić information content (AvgIpc) is 3.28. The third-order valence-corrected chi connectivity index (χ3v) is 6.96. The molecule has 0 aliphatic carbocycles. The second-order valence-corrected chi connectivity index (χ2v) is 9.95. The molecule has 0 bridgehead atoms. The van der Waals surface area contributed by atoms with E-state index in [4.69, 9.17) is 4.98 Å². The third kappa shape index (κ3) is 4.50. The highest BCUT2D eigenvalue weighted by Gasteiger charge is 2.32. The molecule has 0 spiro atoms. The quantitative estimate of drug-likeness (QED) is 0.341. The molecule has 6 nitrogen and oxygen atoms in total. The first-order chi connectivity index (χ1) is 16.8. The Labute approximate surface area is 206 Å². The second kappa shape index (κ2) is 8.92. The van der Waals surface area contributed by atoms with Crippen molar-refractivity contribution in [3.8, 4) is 21.8 Å². The lowest BCUT2D eigenvalue weighted by Gasteiger charge is -2.25. The van der Waals surface area contributed by atoms with Crippen LogP contribution in [0.3, 0.4) is 0 Å². The molecule has 0 aliphatic heterocycles. The molecule has 2 aromatic heterocycles. The standard InChI is InChI=1S/C28H24N4O2S/c1-18-9-14-23-24(17-18)35-26(30-23)20-10-12-21(13-11-20)29-27(34)28(2,3)32-25(33)16-15-22(31-32)19-7-5-4-6-8-19/h4-17H,1-3H3,(H,29,34). The highest BCUT2D eigenvalue weighted by molar-refractivity contribution is 7.21. The molecule has 5 aromatic rings. The van der Waals surface area contributed by atoms with Crippen LogP contribution in [-0.4, -0.2) is 20.7 Å². The number of carbonyl (C=O) groups excluding carboxylic acids is 1. The summed E-state index contributed by atoms with van der Waals surface area (Å²) >= 11 is 1.64. The molecular formula is C28H24N4O2S. The van der Waals surface area contributed by atoms with Crippen molar-refractivity contribution in [1.29, 1.82) is 0 Å². The molecule has 7 heteroatoms. The number of thiazole rings is 1. The van der Waals surface area contributed by atoms with Crippen LogP contribution in [0, 0.1) is 6.92 Å². The van der Waals surface area contributed by atoms with E-state index in [1.807, 2.05) is 60.7 Å². The van der Waals surface area contributed by atoms with Gasteiger partial charge in [0.25, 0.3) is 11.5 Å². The van der Waals surface area contributed by atoms with Crippen molar-refractivity contribution in [3.63, 3.8) is 0 Å². The van der Waals surface area contributed by atoms with Gasteiger partial charge < -0.3 is 5.32 Å². The molecule has 0 unspecified atom stereocenters. The fourth-order valence-electron chi connectivity index (χ4n) is 3.81. The summed E-state index contributed by atoms with van der Waals surface area (Å²) in [4.78, 5) is 30.6. The van der Waals surface area contributed by atoms with Crippen LogP contribution in [0.4, 0.5) is 5.69 Å². The molecule has 2 heterocycles. The largest absolute Gasteiger partial charge is 0.324 e.